The van der Waals surface area contributed by atoms with E-state index >= 15 is 0 Å². The minimum atomic E-state index is 0.909. The Kier molecular flexibility index (Phi) is 4.92. The molecule has 17 heavy (non-hydrogen) atoms. The Morgan fingerprint density at radius 2 is 2.00 bits per heavy atom. The van der Waals surface area contributed by atoms with E-state index < -0.39 is 0 Å². The number of hydrogen-bond donors (Lipinski definition) is 0. The molecular weight excluding hydrogens is 342 g/mol. The molecule has 0 N–H and O–H groups in total. The minimum absolute atomic E-state index is 0.909. The number of anilines is 1. The van der Waals surface area contributed by atoms with E-state index in [1.54, 1.807) is 0 Å². The van der Waals surface area contributed by atoms with Gasteiger partial charge in [-0.3, -0.25) is 0 Å². The monoisotopic (exact) mass is 359 g/mol. The average Bonchev–Trinajstić information content (AvgIpc) is 2.39. The molecule has 0 aromatic heterocycles. The van der Waals surface area contributed by atoms with Crippen LogP contribution in [0.25, 0.3) is 0 Å². The van der Waals surface area contributed by atoms with E-state index in [1.165, 1.54) is 48.1 Å². The molecule has 1 nitrogen and oxygen atoms in total. The molecule has 1 fully saturated rings. The first-order chi connectivity index (χ1) is 8.24. The fourth-order valence-corrected chi connectivity index (χ4v) is 3.81. The van der Waals surface area contributed by atoms with E-state index in [9.17, 15) is 0 Å². The molecule has 2 rings (SSSR count). The van der Waals surface area contributed by atoms with Crippen LogP contribution in [0.2, 0.25) is 0 Å². The number of piperidine rings is 1. The van der Waals surface area contributed by atoms with Crippen LogP contribution in [0.15, 0.2) is 22.7 Å². The van der Waals surface area contributed by atoms with Crippen LogP contribution in [0, 0.1) is 5.92 Å². The van der Waals surface area contributed by atoms with Crippen LogP contribution in [-0.2, 0) is 5.33 Å². The Balaban J connectivity index is 2.06. The van der Waals surface area contributed by atoms with Crippen molar-refractivity contribution in [1.29, 1.82) is 0 Å². The van der Waals surface area contributed by atoms with Crippen molar-refractivity contribution in [3.63, 3.8) is 0 Å². The summed E-state index contributed by atoms with van der Waals surface area (Å²) in [5.41, 5.74) is 2.67. The molecule has 0 unspecified atom stereocenters. The summed E-state index contributed by atoms with van der Waals surface area (Å²) in [5.74, 6) is 0.941. The molecule has 0 aliphatic carbocycles. The second-order valence-corrected chi connectivity index (χ2v) is 6.16. The van der Waals surface area contributed by atoms with E-state index in [-0.39, 0.29) is 0 Å². The van der Waals surface area contributed by atoms with E-state index in [0.29, 0.717) is 0 Å². The largest absolute Gasteiger partial charge is 0.371 e. The molecule has 1 aliphatic heterocycles. The molecule has 94 valence electrons. The number of hydrogen-bond acceptors (Lipinski definition) is 1. The van der Waals surface area contributed by atoms with Crippen LogP contribution in [0.1, 0.15) is 31.7 Å². The SMILES string of the molecule is CCC1CCN(c2ccc(CBr)c(Br)c2)CC1. The van der Waals surface area contributed by atoms with E-state index in [2.05, 4.69) is 61.9 Å². The van der Waals surface area contributed by atoms with Gasteiger partial charge in [0.05, 0.1) is 0 Å². The van der Waals surface area contributed by atoms with E-state index in [0.717, 1.165) is 11.2 Å². The smallest absolute Gasteiger partial charge is 0.0377 e. The van der Waals surface area contributed by atoms with Gasteiger partial charge in [0, 0.05) is 28.6 Å². The fourth-order valence-electron chi connectivity index (χ4n) is 2.44. The lowest BCUT2D eigenvalue weighted by molar-refractivity contribution is 0.395. The Labute approximate surface area is 121 Å². The molecular formula is C14H19Br2N. The fraction of sp³-hybridized carbons (Fsp3) is 0.571. The normalized spacial score (nSPS) is 17.5. The third kappa shape index (κ3) is 3.25. The maximum Gasteiger partial charge on any atom is 0.0377 e. The van der Waals surface area contributed by atoms with E-state index in [1.807, 2.05) is 0 Å². The van der Waals surface area contributed by atoms with Crippen LogP contribution < -0.4 is 4.90 Å². The number of halogens is 2. The van der Waals surface area contributed by atoms with Gasteiger partial charge in [0.25, 0.3) is 0 Å². The molecule has 3 heteroatoms. The van der Waals surface area contributed by atoms with Crippen LogP contribution in [0.5, 0.6) is 0 Å². The maximum atomic E-state index is 3.64. The number of alkyl halides is 1. The summed E-state index contributed by atoms with van der Waals surface area (Å²) in [7, 11) is 0. The molecule has 0 spiro atoms. The first kappa shape index (κ1) is 13.4. The minimum Gasteiger partial charge on any atom is -0.371 e. The van der Waals surface area contributed by atoms with Crippen molar-refractivity contribution in [3.8, 4) is 0 Å². The Hall–Kier alpha value is -0.0200. The van der Waals surface area contributed by atoms with E-state index in [4.69, 9.17) is 0 Å². The molecule has 0 radical (unpaired) electrons. The zero-order valence-electron chi connectivity index (χ0n) is 10.3. The van der Waals surface area contributed by atoms with Gasteiger partial charge >= 0.3 is 0 Å². The molecule has 1 heterocycles. The van der Waals surface area contributed by atoms with Crippen LogP contribution in [0.4, 0.5) is 5.69 Å². The maximum absolute atomic E-state index is 3.64. The predicted molar refractivity (Wildman–Crippen MR) is 82.0 cm³/mol. The highest BCUT2D eigenvalue weighted by Gasteiger charge is 2.18. The predicted octanol–water partition coefficient (Wildman–Crippen LogP) is 4.97. The standard InChI is InChI=1S/C14H19Br2N/c1-2-11-5-7-17(8-6-11)13-4-3-12(10-15)14(16)9-13/h3-4,9,11H,2,5-8,10H2,1H3. The van der Waals surface area contributed by atoms with Gasteiger partial charge in [-0.2, -0.15) is 0 Å². The molecule has 0 saturated carbocycles. The summed E-state index contributed by atoms with van der Waals surface area (Å²) >= 11 is 7.15. The highest BCUT2D eigenvalue weighted by atomic mass is 79.9. The molecule has 1 aromatic carbocycles. The van der Waals surface area contributed by atoms with Crippen molar-refractivity contribution in [2.75, 3.05) is 18.0 Å². The summed E-state index contributed by atoms with van der Waals surface area (Å²) in [6.07, 6.45) is 4.02. The van der Waals surface area contributed by atoms with Gasteiger partial charge in [-0.1, -0.05) is 51.3 Å². The van der Waals surface area contributed by atoms with Gasteiger partial charge in [-0.05, 0) is 36.5 Å². The van der Waals surface area contributed by atoms with Crippen LogP contribution in [0.3, 0.4) is 0 Å². The third-order valence-corrected chi connectivity index (χ3v) is 5.08. The molecule has 0 bridgehead atoms. The number of benzene rings is 1. The summed E-state index contributed by atoms with van der Waals surface area (Å²) in [5, 5.41) is 0.909. The van der Waals surface area contributed by atoms with Gasteiger partial charge in [0.15, 0.2) is 0 Å². The van der Waals surface area contributed by atoms with Crippen LogP contribution in [-0.4, -0.2) is 13.1 Å². The lowest BCUT2D eigenvalue weighted by Gasteiger charge is -2.33. The van der Waals surface area contributed by atoms with Gasteiger partial charge < -0.3 is 4.90 Å². The zero-order valence-corrected chi connectivity index (χ0v) is 13.4. The van der Waals surface area contributed by atoms with Crippen molar-refractivity contribution in [2.45, 2.75) is 31.5 Å². The molecule has 0 atom stereocenters. The molecule has 0 amide bonds. The van der Waals surface area contributed by atoms with Crippen molar-refractivity contribution < 1.29 is 0 Å². The summed E-state index contributed by atoms with van der Waals surface area (Å²) in [6, 6.07) is 6.70. The zero-order chi connectivity index (χ0) is 12.3. The molecule has 1 aromatic rings. The highest BCUT2D eigenvalue weighted by molar-refractivity contribution is 9.10. The van der Waals surface area contributed by atoms with Crippen molar-refractivity contribution in [1.82, 2.24) is 0 Å². The lowest BCUT2D eigenvalue weighted by atomic mass is 9.94. The summed E-state index contributed by atoms with van der Waals surface area (Å²) < 4.78 is 1.21. The average molecular weight is 361 g/mol. The van der Waals surface area contributed by atoms with Gasteiger partial charge in [-0.25, -0.2) is 0 Å². The summed E-state index contributed by atoms with van der Waals surface area (Å²) in [4.78, 5) is 2.51. The summed E-state index contributed by atoms with van der Waals surface area (Å²) in [6.45, 7) is 4.72. The molecule has 1 saturated heterocycles. The Morgan fingerprint density at radius 1 is 1.29 bits per heavy atom. The quantitative estimate of drug-likeness (QED) is 0.688. The lowest BCUT2D eigenvalue weighted by Crippen LogP contribution is -2.33. The topological polar surface area (TPSA) is 3.24 Å². The van der Waals surface area contributed by atoms with Crippen LogP contribution >= 0.6 is 31.9 Å². The van der Waals surface area contributed by atoms with Gasteiger partial charge in [-0.15, -0.1) is 0 Å². The first-order valence-corrected chi connectivity index (χ1v) is 8.25. The highest BCUT2D eigenvalue weighted by Crippen LogP contribution is 2.29. The van der Waals surface area contributed by atoms with Gasteiger partial charge in [0.1, 0.15) is 0 Å². The van der Waals surface area contributed by atoms with Crippen molar-refractivity contribution in [3.05, 3.63) is 28.2 Å². The van der Waals surface area contributed by atoms with Gasteiger partial charge in [0.2, 0.25) is 0 Å². The number of nitrogens with zero attached hydrogens (tertiary/aromatic N) is 1. The number of rotatable bonds is 3. The second-order valence-electron chi connectivity index (χ2n) is 4.75. The Morgan fingerprint density at radius 3 is 2.53 bits per heavy atom. The third-order valence-electron chi connectivity index (χ3n) is 3.74. The first-order valence-electron chi connectivity index (χ1n) is 6.34. The van der Waals surface area contributed by atoms with Crippen molar-refractivity contribution in [2.24, 2.45) is 5.92 Å². The van der Waals surface area contributed by atoms with Crippen molar-refractivity contribution >= 4 is 37.5 Å². The molecule has 1 aliphatic rings. The second kappa shape index (κ2) is 6.24. The Bertz CT molecular complexity index is 370.